The first-order chi connectivity index (χ1) is 5.36. The van der Waals surface area contributed by atoms with Gasteiger partial charge in [-0.3, -0.25) is 0 Å². The Morgan fingerprint density at radius 1 is 1.55 bits per heavy atom. The molecule has 0 saturated heterocycles. The summed E-state index contributed by atoms with van der Waals surface area (Å²) in [6, 6.07) is 0. The molecule has 0 aromatic heterocycles. The summed E-state index contributed by atoms with van der Waals surface area (Å²) in [6.45, 7) is 6.42. The predicted molar refractivity (Wildman–Crippen MR) is 48.7 cm³/mol. The minimum Gasteiger partial charge on any atom is -0.359 e. The van der Waals surface area contributed by atoms with Crippen molar-refractivity contribution in [3.63, 3.8) is 0 Å². The Morgan fingerprint density at radius 2 is 2.36 bits per heavy atom. The van der Waals surface area contributed by atoms with E-state index >= 15 is 0 Å². The minimum atomic E-state index is 1.04. The van der Waals surface area contributed by atoms with Gasteiger partial charge in [0, 0.05) is 18.8 Å². The third kappa shape index (κ3) is 2.37. The maximum absolute atomic E-state index is 4.33. The highest BCUT2D eigenvalue weighted by Crippen LogP contribution is 2.09. The third-order valence-corrected chi connectivity index (χ3v) is 1.86. The van der Waals surface area contributed by atoms with E-state index in [4.69, 9.17) is 0 Å². The molecule has 2 heteroatoms. The highest BCUT2D eigenvalue weighted by molar-refractivity contribution is 5.58. The van der Waals surface area contributed by atoms with E-state index in [1.807, 2.05) is 6.34 Å². The number of likely N-dealkylation sites (N-methyl/N-ethyl adjacent to an activating group) is 1. The van der Waals surface area contributed by atoms with Gasteiger partial charge in [0.15, 0.2) is 0 Å². The summed E-state index contributed by atoms with van der Waals surface area (Å²) in [5.41, 5.74) is 1.25. The van der Waals surface area contributed by atoms with E-state index in [9.17, 15) is 0 Å². The van der Waals surface area contributed by atoms with Crippen LogP contribution >= 0.6 is 0 Å². The molecule has 0 saturated carbocycles. The smallest absolute Gasteiger partial charge is 0.0910 e. The molecule has 1 aliphatic rings. The van der Waals surface area contributed by atoms with Gasteiger partial charge in [-0.2, -0.15) is 0 Å². The van der Waals surface area contributed by atoms with Crippen molar-refractivity contribution in [3.8, 4) is 0 Å². The van der Waals surface area contributed by atoms with E-state index in [-0.39, 0.29) is 0 Å². The number of hydrogen-bond donors (Lipinski definition) is 0. The van der Waals surface area contributed by atoms with Gasteiger partial charge in [-0.1, -0.05) is 13.3 Å². The number of rotatable bonds is 3. The van der Waals surface area contributed by atoms with Crippen LogP contribution in [0.5, 0.6) is 0 Å². The zero-order valence-electron chi connectivity index (χ0n) is 7.38. The van der Waals surface area contributed by atoms with Crippen molar-refractivity contribution in [1.82, 2.24) is 4.90 Å². The largest absolute Gasteiger partial charge is 0.359 e. The number of hydrogen-bond acceptors (Lipinski definition) is 2. The van der Waals surface area contributed by atoms with Crippen LogP contribution in [0.25, 0.3) is 0 Å². The van der Waals surface area contributed by atoms with Crippen LogP contribution in [0.15, 0.2) is 16.8 Å². The minimum absolute atomic E-state index is 1.04. The molecule has 0 unspecified atom stereocenters. The van der Waals surface area contributed by atoms with Gasteiger partial charge in [0.25, 0.3) is 0 Å². The van der Waals surface area contributed by atoms with E-state index in [0.717, 1.165) is 19.5 Å². The molecule has 0 aliphatic carbocycles. The Morgan fingerprint density at radius 3 is 2.82 bits per heavy atom. The molecule has 0 aromatic rings. The average molecular weight is 152 g/mol. The van der Waals surface area contributed by atoms with Crippen molar-refractivity contribution >= 4 is 6.34 Å². The molecular weight excluding hydrogens is 136 g/mol. The van der Waals surface area contributed by atoms with Crippen LogP contribution in [0.1, 0.15) is 26.7 Å². The molecule has 0 radical (unpaired) electrons. The topological polar surface area (TPSA) is 15.6 Å². The molecular formula is C9H16N2. The lowest BCUT2D eigenvalue weighted by atomic mass is 10.2. The SMILES string of the molecule is CCCC1=CCN(CC)C=N1. The molecule has 62 valence electrons. The summed E-state index contributed by atoms with van der Waals surface area (Å²) in [6.07, 6.45) is 6.47. The fourth-order valence-corrected chi connectivity index (χ4v) is 1.11. The summed E-state index contributed by atoms with van der Waals surface area (Å²) < 4.78 is 0. The molecule has 0 fully saturated rings. The van der Waals surface area contributed by atoms with Gasteiger partial charge in [-0.15, -0.1) is 0 Å². The average Bonchev–Trinajstić information content (AvgIpc) is 2.07. The molecule has 1 rings (SSSR count). The van der Waals surface area contributed by atoms with E-state index in [1.165, 1.54) is 12.1 Å². The fourth-order valence-electron chi connectivity index (χ4n) is 1.11. The fraction of sp³-hybridized carbons (Fsp3) is 0.667. The van der Waals surface area contributed by atoms with Gasteiger partial charge in [-0.25, -0.2) is 4.99 Å². The van der Waals surface area contributed by atoms with Crippen LogP contribution in [-0.2, 0) is 0 Å². The van der Waals surface area contributed by atoms with Crippen molar-refractivity contribution in [1.29, 1.82) is 0 Å². The van der Waals surface area contributed by atoms with Crippen LogP contribution in [-0.4, -0.2) is 24.3 Å². The molecule has 0 amide bonds. The molecule has 0 aromatic carbocycles. The van der Waals surface area contributed by atoms with Gasteiger partial charge in [-0.05, 0) is 19.4 Å². The molecule has 2 nitrogen and oxygen atoms in total. The first-order valence-electron chi connectivity index (χ1n) is 4.34. The summed E-state index contributed by atoms with van der Waals surface area (Å²) in [7, 11) is 0. The summed E-state index contributed by atoms with van der Waals surface area (Å²) in [4.78, 5) is 6.53. The summed E-state index contributed by atoms with van der Waals surface area (Å²) in [5.74, 6) is 0. The van der Waals surface area contributed by atoms with Crippen molar-refractivity contribution in [3.05, 3.63) is 11.8 Å². The summed E-state index contributed by atoms with van der Waals surface area (Å²) >= 11 is 0. The van der Waals surface area contributed by atoms with E-state index < -0.39 is 0 Å². The maximum Gasteiger partial charge on any atom is 0.0910 e. The Labute approximate surface area is 68.6 Å². The monoisotopic (exact) mass is 152 g/mol. The number of allylic oxidation sites excluding steroid dienone is 1. The second kappa shape index (κ2) is 4.16. The molecule has 0 atom stereocenters. The number of aliphatic imine (C=N–C) groups is 1. The Hall–Kier alpha value is -0.790. The molecule has 11 heavy (non-hydrogen) atoms. The van der Waals surface area contributed by atoms with Crippen LogP contribution in [0.3, 0.4) is 0 Å². The summed E-state index contributed by atoms with van der Waals surface area (Å²) in [5, 5.41) is 0. The van der Waals surface area contributed by atoms with Crippen LogP contribution in [0, 0.1) is 0 Å². The van der Waals surface area contributed by atoms with Gasteiger partial charge < -0.3 is 4.90 Å². The van der Waals surface area contributed by atoms with Gasteiger partial charge in [0.2, 0.25) is 0 Å². The van der Waals surface area contributed by atoms with E-state index in [0.29, 0.717) is 0 Å². The normalized spacial score (nSPS) is 16.9. The lowest BCUT2D eigenvalue weighted by Crippen LogP contribution is -2.24. The lowest BCUT2D eigenvalue weighted by molar-refractivity contribution is 0.492. The van der Waals surface area contributed by atoms with E-state index in [2.05, 4.69) is 29.8 Å². The van der Waals surface area contributed by atoms with Crippen molar-refractivity contribution < 1.29 is 0 Å². The molecule has 1 heterocycles. The molecule has 0 spiro atoms. The third-order valence-electron chi connectivity index (χ3n) is 1.86. The van der Waals surface area contributed by atoms with Crippen molar-refractivity contribution in [2.24, 2.45) is 4.99 Å². The Kier molecular flexibility index (Phi) is 3.14. The quantitative estimate of drug-likeness (QED) is 0.604. The second-order valence-electron chi connectivity index (χ2n) is 2.78. The standard InChI is InChI=1S/C9H16N2/c1-3-5-9-6-7-11(4-2)8-10-9/h6,8H,3-5,7H2,1-2H3. The van der Waals surface area contributed by atoms with Crippen LogP contribution in [0.2, 0.25) is 0 Å². The molecule has 0 N–H and O–H groups in total. The Balaban J connectivity index is 2.39. The highest BCUT2D eigenvalue weighted by Gasteiger charge is 2.01. The Bertz CT molecular complexity index is 170. The first kappa shape index (κ1) is 8.31. The molecule has 1 aliphatic heterocycles. The van der Waals surface area contributed by atoms with Crippen molar-refractivity contribution in [2.45, 2.75) is 26.7 Å². The van der Waals surface area contributed by atoms with Gasteiger partial charge >= 0.3 is 0 Å². The van der Waals surface area contributed by atoms with Crippen LogP contribution < -0.4 is 0 Å². The highest BCUT2D eigenvalue weighted by atomic mass is 15.2. The maximum atomic E-state index is 4.33. The van der Waals surface area contributed by atoms with Crippen molar-refractivity contribution in [2.75, 3.05) is 13.1 Å². The molecule has 0 bridgehead atoms. The zero-order valence-corrected chi connectivity index (χ0v) is 7.38. The number of nitrogens with zero attached hydrogens (tertiary/aromatic N) is 2. The van der Waals surface area contributed by atoms with E-state index in [1.54, 1.807) is 0 Å². The first-order valence-corrected chi connectivity index (χ1v) is 4.34. The van der Waals surface area contributed by atoms with Crippen LogP contribution in [0.4, 0.5) is 0 Å². The zero-order chi connectivity index (χ0) is 8.10. The van der Waals surface area contributed by atoms with Gasteiger partial charge in [0.05, 0.1) is 6.34 Å². The second-order valence-corrected chi connectivity index (χ2v) is 2.78. The van der Waals surface area contributed by atoms with Gasteiger partial charge in [0.1, 0.15) is 0 Å². The lowest BCUT2D eigenvalue weighted by Gasteiger charge is -2.19. The predicted octanol–water partition coefficient (Wildman–Crippen LogP) is 2.03.